The minimum absolute atomic E-state index is 0.544. The number of aromatic nitrogens is 3. The highest BCUT2D eigenvalue weighted by molar-refractivity contribution is 7.71. The van der Waals surface area contributed by atoms with Gasteiger partial charge in [-0.25, -0.2) is 9.50 Å². The van der Waals surface area contributed by atoms with Crippen LogP contribution >= 0.6 is 7.14 Å². The zero-order valence-corrected chi connectivity index (χ0v) is 14.5. The Morgan fingerprint density at radius 3 is 2.62 bits per heavy atom. The molecule has 2 N–H and O–H groups in total. The molecule has 0 aliphatic carbocycles. The smallest absolute Gasteiger partial charge is 0.245 e. The SMILES string of the molecule is Cc1ccc2cnc(Nc3ccc(P4(=O)CCNCC4)cc3)nn12. The lowest BCUT2D eigenvalue weighted by atomic mass is 10.3. The van der Waals surface area contributed by atoms with Crippen LogP contribution < -0.4 is 15.9 Å². The fourth-order valence-corrected chi connectivity index (χ4v) is 5.52. The molecule has 0 spiro atoms. The molecule has 2 aromatic heterocycles. The van der Waals surface area contributed by atoms with Gasteiger partial charge in [-0.05, 0) is 43.3 Å². The summed E-state index contributed by atoms with van der Waals surface area (Å²) in [7, 11) is -2.22. The number of nitrogens with one attached hydrogen (secondary N) is 2. The molecule has 124 valence electrons. The summed E-state index contributed by atoms with van der Waals surface area (Å²) in [6, 6.07) is 11.8. The Hall–Kier alpha value is -2.17. The van der Waals surface area contributed by atoms with E-state index in [4.69, 9.17) is 0 Å². The second-order valence-corrected chi connectivity index (χ2v) is 9.34. The molecule has 3 heterocycles. The van der Waals surface area contributed by atoms with E-state index < -0.39 is 7.14 Å². The van der Waals surface area contributed by atoms with Gasteiger partial charge in [-0.3, -0.25) is 0 Å². The van der Waals surface area contributed by atoms with E-state index in [1.54, 1.807) is 6.20 Å². The average molecular weight is 341 g/mol. The minimum atomic E-state index is -2.22. The van der Waals surface area contributed by atoms with Crippen LogP contribution in [0.1, 0.15) is 5.69 Å². The topological polar surface area (TPSA) is 71.3 Å². The molecule has 4 rings (SSSR count). The number of anilines is 2. The van der Waals surface area contributed by atoms with Gasteiger partial charge < -0.3 is 15.2 Å². The molecule has 0 amide bonds. The normalized spacial score (nSPS) is 17.0. The molecule has 0 unspecified atom stereocenters. The van der Waals surface area contributed by atoms with Crippen LogP contribution in [0.2, 0.25) is 0 Å². The fraction of sp³-hybridized carbons (Fsp3) is 0.294. The van der Waals surface area contributed by atoms with E-state index in [0.29, 0.717) is 5.95 Å². The van der Waals surface area contributed by atoms with Crippen molar-refractivity contribution in [1.82, 2.24) is 19.9 Å². The van der Waals surface area contributed by atoms with Gasteiger partial charge in [-0.1, -0.05) is 0 Å². The van der Waals surface area contributed by atoms with Crippen LogP contribution in [-0.2, 0) is 4.57 Å². The third-order valence-corrected chi connectivity index (χ3v) is 7.61. The number of aryl methyl sites for hydroxylation is 1. The molecule has 1 aromatic carbocycles. The average Bonchev–Trinajstić information content (AvgIpc) is 2.97. The lowest BCUT2D eigenvalue weighted by Gasteiger charge is -2.24. The zero-order chi connectivity index (χ0) is 16.6. The van der Waals surface area contributed by atoms with Crippen LogP contribution in [0, 0.1) is 6.92 Å². The third kappa shape index (κ3) is 2.83. The molecule has 1 saturated heterocycles. The number of fused-ring (bicyclic) bond motifs is 1. The summed E-state index contributed by atoms with van der Waals surface area (Å²) >= 11 is 0. The third-order valence-electron chi connectivity index (χ3n) is 4.48. The highest BCUT2D eigenvalue weighted by Gasteiger charge is 2.26. The van der Waals surface area contributed by atoms with Crippen molar-refractivity contribution in [3.05, 3.63) is 48.3 Å². The fourth-order valence-electron chi connectivity index (χ4n) is 3.05. The second kappa shape index (κ2) is 6.04. The minimum Gasteiger partial charge on any atom is -0.323 e. The van der Waals surface area contributed by atoms with Gasteiger partial charge in [-0.15, -0.1) is 5.10 Å². The lowest BCUT2D eigenvalue weighted by molar-refractivity contribution is 0.569. The van der Waals surface area contributed by atoms with Gasteiger partial charge in [0.25, 0.3) is 0 Å². The van der Waals surface area contributed by atoms with Gasteiger partial charge in [0.1, 0.15) is 7.14 Å². The summed E-state index contributed by atoms with van der Waals surface area (Å²) in [5.41, 5.74) is 2.93. The molecule has 3 aromatic rings. The van der Waals surface area contributed by atoms with Crippen molar-refractivity contribution in [2.75, 3.05) is 30.7 Å². The van der Waals surface area contributed by atoms with Gasteiger partial charge in [0.05, 0.1) is 11.7 Å². The molecular weight excluding hydrogens is 321 g/mol. The summed E-state index contributed by atoms with van der Waals surface area (Å²) in [6.45, 7) is 3.68. The monoisotopic (exact) mass is 341 g/mol. The predicted molar refractivity (Wildman–Crippen MR) is 97.3 cm³/mol. The standard InChI is InChI=1S/C17H20N5OP/c1-13-2-5-15-12-19-17(21-22(13)15)20-14-3-6-16(7-4-14)24(23)10-8-18-9-11-24/h2-7,12,18H,8-11H2,1H3,(H,20,21). The van der Waals surface area contributed by atoms with E-state index in [-0.39, 0.29) is 0 Å². The van der Waals surface area contributed by atoms with Crippen molar-refractivity contribution in [1.29, 1.82) is 0 Å². The van der Waals surface area contributed by atoms with Crippen LogP contribution in [0.4, 0.5) is 11.6 Å². The van der Waals surface area contributed by atoms with E-state index >= 15 is 0 Å². The van der Waals surface area contributed by atoms with Gasteiger partial charge in [-0.2, -0.15) is 0 Å². The van der Waals surface area contributed by atoms with Crippen molar-refractivity contribution in [2.45, 2.75) is 6.92 Å². The Morgan fingerprint density at radius 1 is 1.12 bits per heavy atom. The maximum Gasteiger partial charge on any atom is 0.245 e. The Labute approximate surface area is 140 Å². The first-order chi connectivity index (χ1) is 11.6. The maximum absolute atomic E-state index is 13.0. The quantitative estimate of drug-likeness (QED) is 0.716. The largest absolute Gasteiger partial charge is 0.323 e. The van der Waals surface area contributed by atoms with Crippen molar-refractivity contribution in [3.8, 4) is 0 Å². The summed E-state index contributed by atoms with van der Waals surface area (Å²) in [5, 5.41) is 11.9. The molecule has 1 aliphatic heterocycles. The lowest BCUT2D eigenvalue weighted by Crippen LogP contribution is -2.32. The molecule has 24 heavy (non-hydrogen) atoms. The zero-order valence-electron chi connectivity index (χ0n) is 13.6. The van der Waals surface area contributed by atoms with Crippen molar-refractivity contribution < 1.29 is 4.57 Å². The first-order valence-electron chi connectivity index (χ1n) is 8.12. The highest BCUT2D eigenvalue weighted by atomic mass is 31.2. The number of benzene rings is 1. The first kappa shape index (κ1) is 15.4. The molecule has 7 heteroatoms. The van der Waals surface area contributed by atoms with Crippen LogP contribution in [0.15, 0.2) is 42.6 Å². The number of nitrogens with zero attached hydrogens (tertiary/aromatic N) is 3. The molecular formula is C17H20N5OP. The Bertz CT molecular complexity index is 908. The molecule has 0 atom stereocenters. The summed E-state index contributed by atoms with van der Waals surface area (Å²) in [5.74, 6) is 0.544. The number of rotatable bonds is 3. The Morgan fingerprint density at radius 2 is 1.88 bits per heavy atom. The van der Waals surface area contributed by atoms with E-state index in [0.717, 1.165) is 47.6 Å². The predicted octanol–water partition coefficient (Wildman–Crippen LogP) is 2.37. The molecule has 1 aliphatic rings. The number of hydrogen-bond acceptors (Lipinski definition) is 5. The maximum atomic E-state index is 13.0. The Balaban J connectivity index is 1.56. The summed E-state index contributed by atoms with van der Waals surface area (Å²) < 4.78 is 14.8. The van der Waals surface area contributed by atoms with Crippen molar-refractivity contribution in [3.63, 3.8) is 0 Å². The van der Waals surface area contributed by atoms with Gasteiger partial charge in [0, 0.05) is 42.1 Å². The van der Waals surface area contributed by atoms with E-state index in [2.05, 4.69) is 20.7 Å². The van der Waals surface area contributed by atoms with Gasteiger partial charge in [0.2, 0.25) is 5.95 Å². The molecule has 0 bridgehead atoms. The van der Waals surface area contributed by atoms with Crippen LogP contribution in [0.3, 0.4) is 0 Å². The van der Waals surface area contributed by atoms with Crippen molar-refractivity contribution in [2.24, 2.45) is 0 Å². The molecule has 1 fully saturated rings. The van der Waals surface area contributed by atoms with Crippen LogP contribution in [-0.4, -0.2) is 40.0 Å². The van der Waals surface area contributed by atoms with Crippen molar-refractivity contribution >= 4 is 29.6 Å². The van der Waals surface area contributed by atoms with E-state index in [1.165, 1.54) is 0 Å². The summed E-state index contributed by atoms with van der Waals surface area (Å²) in [4.78, 5) is 4.34. The van der Waals surface area contributed by atoms with Gasteiger partial charge >= 0.3 is 0 Å². The first-order valence-corrected chi connectivity index (χ1v) is 10.2. The van der Waals surface area contributed by atoms with E-state index in [9.17, 15) is 4.57 Å². The van der Waals surface area contributed by atoms with Crippen LogP contribution in [0.5, 0.6) is 0 Å². The number of hydrogen-bond donors (Lipinski definition) is 2. The molecule has 0 radical (unpaired) electrons. The summed E-state index contributed by atoms with van der Waals surface area (Å²) in [6.07, 6.45) is 3.28. The van der Waals surface area contributed by atoms with Gasteiger partial charge in [0.15, 0.2) is 0 Å². The highest BCUT2D eigenvalue weighted by Crippen LogP contribution is 2.44. The van der Waals surface area contributed by atoms with E-state index in [1.807, 2.05) is 47.8 Å². The molecule has 0 saturated carbocycles. The Kier molecular flexibility index (Phi) is 3.87. The second-order valence-electron chi connectivity index (χ2n) is 6.15. The molecule has 6 nitrogen and oxygen atoms in total. The van der Waals surface area contributed by atoms with Crippen LogP contribution in [0.25, 0.3) is 5.52 Å².